The zero-order valence-electron chi connectivity index (χ0n) is 12.7. The Morgan fingerprint density at radius 2 is 2.00 bits per heavy atom. The highest BCUT2D eigenvalue weighted by Gasteiger charge is 2.25. The lowest BCUT2D eigenvalue weighted by molar-refractivity contribution is 0.856. The highest BCUT2D eigenvalue weighted by molar-refractivity contribution is 6.30. The number of halogens is 1. The van der Waals surface area contributed by atoms with Crippen molar-refractivity contribution in [3.63, 3.8) is 0 Å². The van der Waals surface area contributed by atoms with Gasteiger partial charge in [-0.3, -0.25) is 0 Å². The van der Waals surface area contributed by atoms with Gasteiger partial charge >= 0.3 is 0 Å². The van der Waals surface area contributed by atoms with Crippen LogP contribution in [0.4, 0.5) is 11.5 Å². The van der Waals surface area contributed by atoms with E-state index in [4.69, 9.17) is 11.6 Å². The third kappa shape index (κ3) is 3.08. The molecule has 5 heteroatoms. The first-order chi connectivity index (χ1) is 11.2. The van der Waals surface area contributed by atoms with E-state index in [1.54, 1.807) is 0 Å². The number of fused-ring (bicyclic) bond motifs is 1. The summed E-state index contributed by atoms with van der Waals surface area (Å²) in [7, 11) is 0. The minimum Gasteiger partial charge on any atom is -0.340 e. The number of allylic oxidation sites excluding steroid dienone is 1. The molecular weight excluding hydrogens is 308 g/mol. The number of aromatic nitrogens is 3. The molecule has 0 aliphatic heterocycles. The normalized spacial score (nSPS) is 14.1. The predicted molar refractivity (Wildman–Crippen MR) is 93.3 cm³/mol. The first kappa shape index (κ1) is 14.3. The molecule has 3 aromatic rings. The maximum absolute atomic E-state index is 5.93. The molecule has 1 fully saturated rings. The molecule has 1 saturated carbocycles. The third-order valence-electron chi connectivity index (χ3n) is 4.06. The molecule has 0 amide bonds. The fraction of sp³-hybridized carbons (Fsp3) is 0.222. The Morgan fingerprint density at radius 3 is 2.74 bits per heavy atom. The van der Waals surface area contributed by atoms with Crippen molar-refractivity contribution < 1.29 is 0 Å². The molecule has 1 aromatic carbocycles. The van der Waals surface area contributed by atoms with E-state index >= 15 is 0 Å². The molecule has 0 saturated heterocycles. The molecule has 0 bridgehead atoms. The number of nitrogens with one attached hydrogen (secondary N) is 1. The minimum absolute atomic E-state index is 0.674. The van der Waals surface area contributed by atoms with Crippen molar-refractivity contribution in [3.05, 3.63) is 65.5 Å². The maximum Gasteiger partial charge on any atom is 0.158 e. The van der Waals surface area contributed by atoms with Crippen molar-refractivity contribution in [1.82, 2.24) is 14.6 Å². The summed E-state index contributed by atoms with van der Waals surface area (Å²) in [6, 6.07) is 13.5. The van der Waals surface area contributed by atoms with Gasteiger partial charge in [-0.25, -0.2) is 4.98 Å². The maximum atomic E-state index is 5.93. The largest absolute Gasteiger partial charge is 0.340 e. The van der Waals surface area contributed by atoms with E-state index in [1.165, 1.54) is 18.4 Å². The second kappa shape index (κ2) is 5.70. The minimum atomic E-state index is 0.674. The van der Waals surface area contributed by atoms with Gasteiger partial charge in [0.1, 0.15) is 5.82 Å². The van der Waals surface area contributed by atoms with Crippen molar-refractivity contribution in [2.75, 3.05) is 5.32 Å². The van der Waals surface area contributed by atoms with Crippen LogP contribution in [0.3, 0.4) is 0 Å². The lowest BCUT2D eigenvalue weighted by Crippen LogP contribution is -2.00. The van der Waals surface area contributed by atoms with Crippen LogP contribution < -0.4 is 5.32 Å². The van der Waals surface area contributed by atoms with Crippen molar-refractivity contribution >= 4 is 28.8 Å². The first-order valence-corrected chi connectivity index (χ1v) is 8.12. The van der Waals surface area contributed by atoms with Crippen LogP contribution in [0, 0.1) is 5.92 Å². The molecule has 4 rings (SSSR count). The standard InChI is InChI=1S/C18H17ClN4/c1-12(13-5-6-13)11-16-21-18-4-2-3-17(23(18)22-16)20-15-9-7-14(19)8-10-15/h2-4,7-10,13,20H,1,5-6,11H2. The van der Waals surface area contributed by atoms with Crippen LogP contribution in [0.15, 0.2) is 54.6 Å². The predicted octanol–water partition coefficient (Wildman–Crippen LogP) is 4.64. The van der Waals surface area contributed by atoms with E-state index in [9.17, 15) is 0 Å². The van der Waals surface area contributed by atoms with E-state index in [2.05, 4.69) is 22.0 Å². The Balaban J connectivity index is 1.62. The number of nitrogens with zero attached hydrogens (tertiary/aromatic N) is 3. The Kier molecular flexibility index (Phi) is 3.54. The molecule has 2 heterocycles. The molecule has 1 N–H and O–H groups in total. The molecule has 0 unspecified atom stereocenters. The summed E-state index contributed by atoms with van der Waals surface area (Å²) in [5.41, 5.74) is 3.04. The van der Waals surface area contributed by atoms with Crippen LogP contribution in [0.25, 0.3) is 5.65 Å². The van der Waals surface area contributed by atoms with Crippen LogP contribution in [-0.2, 0) is 6.42 Å². The average molecular weight is 325 g/mol. The number of benzene rings is 1. The summed E-state index contributed by atoms with van der Waals surface area (Å²) in [6.07, 6.45) is 3.28. The number of rotatable bonds is 5. The second-order valence-corrected chi connectivity index (χ2v) is 6.39. The van der Waals surface area contributed by atoms with E-state index in [0.29, 0.717) is 5.92 Å². The van der Waals surface area contributed by atoms with Gasteiger partial charge in [0.05, 0.1) is 0 Å². The molecule has 23 heavy (non-hydrogen) atoms. The fourth-order valence-corrected chi connectivity index (χ4v) is 2.77. The molecule has 0 atom stereocenters. The quantitative estimate of drug-likeness (QED) is 0.695. The van der Waals surface area contributed by atoms with Crippen LogP contribution in [-0.4, -0.2) is 14.6 Å². The van der Waals surface area contributed by atoms with E-state index < -0.39 is 0 Å². The lowest BCUT2D eigenvalue weighted by Gasteiger charge is -2.07. The molecule has 1 aliphatic rings. The Labute approximate surface area is 139 Å². The zero-order chi connectivity index (χ0) is 15.8. The molecule has 2 aromatic heterocycles. The summed E-state index contributed by atoms with van der Waals surface area (Å²) in [6.45, 7) is 4.16. The van der Waals surface area contributed by atoms with Gasteiger partial charge in [-0.1, -0.05) is 29.8 Å². The Morgan fingerprint density at radius 1 is 1.22 bits per heavy atom. The van der Waals surface area contributed by atoms with Gasteiger partial charge in [0.2, 0.25) is 0 Å². The van der Waals surface area contributed by atoms with E-state index in [1.807, 2.05) is 47.0 Å². The summed E-state index contributed by atoms with van der Waals surface area (Å²) >= 11 is 5.93. The topological polar surface area (TPSA) is 42.2 Å². The van der Waals surface area contributed by atoms with Gasteiger partial charge < -0.3 is 5.32 Å². The molecule has 0 radical (unpaired) electrons. The molecule has 116 valence electrons. The lowest BCUT2D eigenvalue weighted by atomic mass is 10.1. The summed E-state index contributed by atoms with van der Waals surface area (Å²) in [4.78, 5) is 4.61. The summed E-state index contributed by atoms with van der Waals surface area (Å²) < 4.78 is 1.84. The van der Waals surface area contributed by atoms with Gasteiger partial charge in [0.15, 0.2) is 11.5 Å². The van der Waals surface area contributed by atoms with Gasteiger partial charge in [-0.05, 0) is 55.2 Å². The third-order valence-corrected chi connectivity index (χ3v) is 4.31. The first-order valence-electron chi connectivity index (χ1n) is 7.74. The van der Waals surface area contributed by atoms with Crippen molar-refractivity contribution in [2.24, 2.45) is 5.92 Å². The summed E-state index contributed by atoms with van der Waals surface area (Å²) in [5, 5.41) is 8.71. The van der Waals surface area contributed by atoms with E-state index in [-0.39, 0.29) is 0 Å². The smallest absolute Gasteiger partial charge is 0.158 e. The highest BCUT2D eigenvalue weighted by atomic mass is 35.5. The molecule has 0 spiro atoms. The van der Waals surface area contributed by atoms with Crippen LogP contribution in [0.5, 0.6) is 0 Å². The number of anilines is 2. The zero-order valence-corrected chi connectivity index (χ0v) is 13.4. The summed E-state index contributed by atoms with van der Waals surface area (Å²) in [5.74, 6) is 2.38. The SMILES string of the molecule is C=C(Cc1nc2cccc(Nc3ccc(Cl)cc3)n2n1)C1CC1. The second-order valence-electron chi connectivity index (χ2n) is 5.95. The molecular formula is C18H17ClN4. The van der Waals surface area contributed by atoms with Crippen molar-refractivity contribution in [3.8, 4) is 0 Å². The Bertz CT molecular complexity index is 862. The van der Waals surface area contributed by atoms with Crippen LogP contribution in [0.2, 0.25) is 5.02 Å². The number of pyridine rings is 1. The highest BCUT2D eigenvalue weighted by Crippen LogP contribution is 2.36. The van der Waals surface area contributed by atoms with Gasteiger partial charge in [-0.15, -0.1) is 5.10 Å². The number of hydrogen-bond acceptors (Lipinski definition) is 3. The molecule has 1 aliphatic carbocycles. The van der Waals surface area contributed by atoms with E-state index in [0.717, 1.165) is 34.4 Å². The average Bonchev–Trinajstić information content (AvgIpc) is 3.31. The van der Waals surface area contributed by atoms with Crippen molar-refractivity contribution in [2.45, 2.75) is 19.3 Å². The van der Waals surface area contributed by atoms with Crippen molar-refractivity contribution in [1.29, 1.82) is 0 Å². The monoisotopic (exact) mass is 324 g/mol. The van der Waals surface area contributed by atoms with Crippen LogP contribution >= 0.6 is 11.6 Å². The Hall–Kier alpha value is -2.33. The fourth-order valence-electron chi connectivity index (χ4n) is 2.64. The van der Waals surface area contributed by atoms with Gasteiger partial charge in [0.25, 0.3) is 0 Å². The van der Waals surface area contributed by atoms with Gasteiger partial charge in [-0.2, -0.15) is 4.52 Å². The van der Waals surface area contributed by atoms with Crippen LogP contribution in [0.1, 0.15) is 18.7 Å². The van der Waals surface area contributed by atoms with Gasteiger partial charge in [0, 0.05) is 17.1 Å². The molecule has 4 nitrogen and oxygen atoms in total. The number of hydrogen-bond donors (Lipinski definition) is 1.